The second kappa shape index (κ2) is 8.08. The number of nitrogens with one attached hydrogen (secondary N) is 1. The van der Waals surface area contributed by atoms with Crippen LogP contribution in [0, 0.1) is 0 Å². The van der Waals surface area contributed by atoms with E-state index in [0.29, 0.717) is 12.1 Å². The van der Waals surface area contributed by atoms with Crippen LogP contribution in [0.3, 0.4) is 0 Å². The normalized spacial score (nSPS) is 14.2. The Morgan fingerprint density at radius 3 is 1.93 bits per heavy atom. The predicted octanol–water partition coefficient (Wildman–Crippen LogP) is 2.55. The minimum atomic E-state index is 0.101. The van der Waals surface area contributed by atoms with Crippen molar-refractivity contribution in [3.05, 3.63) is 0 Å². The van der Waals surface area contributed by atoms with Crippen molar-refractivity contribution < 1.29 is 9.47 Å². The molecule has 0 aromatic rings. The molecule has 0 aliphatic rings. The first kappa shape index (κ1) is 14.9. The summed E-state index contributed by atoms with van der Waals surface area (Å²) < 4.78 is 11.3. The van der Waals surface area contributed by atoms with E-state index in [2.05, 4.69) is 33.0 Å². The van der Waals surface area contributed by atoms with Crippen LogP contribution in [0.1, 0.15) is 48.0 Å². The van der Waals surface area contributed by atoms with Crippen LogP contribution in [0.5, 0.6) is 0 Å². The largest absolute Gasteiger partial charge is 0.379 e. The topological polar surface area (TPSA) is 30.5 Å². The van der Waals surface area contributed by atoms with Crippen molar-refractivity contribution in [2.45, 2.75) is 72.4 Å². The van der Waals surface area contributed by atoms with Gasteiger partial charge in [0.1, 0.15) is 6.23 Å². The molecule has 0 spiro atoms. The molecule has 1 unspecified atom stereocenters. The fourth-order valence-electron chi connectivity index (χ4n) is 1.30. The Morgan fingerprint density at radius 1 is 0.933 bits per heavy atom. The standard InChI is InChI=1S/C12H27NO2/c1-9(2)13-12(15-11(5)6)7-8-14-10(3)4/h9-13H,7-8H2,1-6H3. The van der Waals surface area contributed by atoms with E-state index in [1.54, 1.807) is 0 Å². The Morgan fingerprint density at radius 2 is 1.53 bits per heavy atom. The van der Waals surface area contributed by atoms with Crippen LogP contribution in [0.2, 0.25) is 0 Å². The minimum absolute atomic E-state index is 0.101. The molecule has 15 heavy (non-hydrogen) atoms. The van der Waals surface area contributed by atoms with Crippen LogP contribution in [-0.4, -0.2) is 31.1 Å². The molecular formula is C12H27NO2. The van der Waals surface area contributed by atoms with Crippen molar-refractivity contribution in [1.29, 1.82) is 0 Å². The summed E-state index contributed by atoms with van der Waals surface area (Å²) in [5.74, 6) is 0. The molecule has 0 heterocycles. The summed E-state index contributed by atoms with van der Waals surface area (Å²) >= 11 is 0. The van der Waals surface area contributed by atoms with Crippen LogP contribution >= 0.6 is 0 Å². The maximum Gasteiger partial charge on any atom is 0.110 e. The van der Waals surface area contributed by atoms with E-state index < -0.39 is 0 Å². The average Bonchev–Trinajstić information content (AvgIpc) is 2.00. The molecule has 3 nitrogen and oxygen atoms in total. The van der Waals surface area contributed by atoms with Crippen molar-refractivity contribution in [2.24, 2.45) is 0 Å². The maximum atomic E-state index is 5.75. The highest BCUT2D eigenvalue weighted by Gasteiger charge is 2.12. The van der Waals surface area contributed by atoms with Gasteiger partial charge in [0.25, 0.3) is 0 Å². The van der Waals surface area contributed by atoms with E-state index >= 15 is 0 Å². The third-order valence-corrected chi connectivity index (χ3v) is 1.79. The van der Waals surface area contributed by atoms with Gasteiger partial charge < -0.3 is 9.47 Å². The highest BCUT2D eigenvalue weighted by Crippen LogP contribution is 2.03. The van der Waals surface area contributed by atoms with Crippen LogP contribution < -0.4 is 5.32 Å². The summed E-state index contributed by atoms with van der Waals surface area (Å²) in [4.78, 5) is 0. The summed E-state index contributed by atoms with van der Waals surface area (Å²) in [6.07, 6.45) is 1.54. The van der Waals surface area contributed by atoms with Crippen LogP contribution in [0.4, 0.5) is 0 Å². The van der Waals surface area contributed by atoms with Gasteiger partial charge in [-0.15, -0.1) is 0 Å². The lowest BCUT2D eigenvalue weighted by Gasteiger charge is -2.24. The Hall–Kier alpha value is -0.120. The Labute approximate surface area is 94.5 Å². The molecule has 0 aromatic carbocycles. The number of hydrogen-bond acceptors (Lipinski definition) is 3. The van der Waals surface area contributed by atoms with Gasteiger partial charge in [-0.1, -0.05) is 0 Å². The summed E-state index contributed by atoms with van der Waals surface area (Å²) in [5, 5.41) is 3.38. The van der Waals surface area contributed by atoms with E-state index in [0.717, 1.165) is 13.0 Å². The number of ether oxygens (including phenoxy) is 2. The van der Waals surface area contributed by atoms with Gasteiger partial charge in [-0.3, -0.25) is 5.32 Å². The summed E-state index contributed by atoms with van der Waals surface area (Å²) in [5.41, 5.74) is 0. The molecule has 1 N–H and O–H groups in total. The molecule has 3 heteroatoms. The van der Waals surface area contributed by atoms with Gasteiger partial charge in [0.15, 0.2) is 0 Å². The van der Waals surface area contributed by atoms with Crippen molar-refractivity contribution in [3.8, 4) is 0 Å². The number of rotatable bonds is 8. The van der Waals surface area contributed by atoms with E-state index in [4.69, 9.17) is 9.47 Å². The lowest BCUT2D eigenvalue weighted by atomic mass is 10.3. The van der Waals surface area contributed by atoms with Gasteiger partial charge in [0, 0.05) is 12.5 Å². The predicted molar refractivity (Wildman–Crippen MR) is 64.0 cm³/mol. The third kappa shape index (κ3) is 10.2. The second-order valence-electron chi connectivity index (χ2n) is 4.70. The minimum Gasteiger partial charge on any atom is -0.379 e. The molecule has 1 atom stereocenters. The first-order valence-electron chi connectivity index (χ1n) is 5.95. The first-order valence-corrected chi connectivity index (χ1v) is 5.95. The third-order valence-electron chi connectivity index (χ3n) is 1.79. The zero-order valence-corrected chi connectivity index (χ0v) is 11.0. The Balaban J connectivity index is 3.79. The molecular weight excluding hydrogens is 190 g/mol. The van der Waals surface area contributed by atoms with Gasteiger partial charge in [-0.05, 0) is 41.5 Å². The van der Waals surface area contributed by atoms with Crippen molar-refractivity contribution in [2.75, 3.05) is 6.61 Å². The van der Waals surface area contributed by atoms with Crippen molar-refractivity contribution in [1.82, 2.24) is 5.32 Å². The SMILES string of the molecule is CC(C)NC(CCOC(C)C)OC(C)C. The second-order valence-corrected chi connectivity index (χ2v) is 4.70. The van der Waals surface area contributed by atoms with E-state index in [9.17, 15) is 0 Å². The van der Waals surface area contributed by atoms with Gasteiger partial charge in [0.05, 0.1) is 18.8 Å². The van der Waals surface area contributed by atoms with Gasteiger partial charge in [0.2, 0.25) is 0 Å². The van der Waals surface area contributed by atoms with Gasteiger partial charge >= 0.3 is 0 Å². The maximum absolute atomic E-state index is 5.75. The smallest absolute Gasteiger partial charge is 0.110 e. The summed E-state index contributed by atoms with van der Waals surface area (Å²) in [6, 6.07) is 0.438. The van der Waals surface area contributed by atoms with Crippen molar-refractivity contribution >= 4 is 0 Å². The zero-order valence-electron chi connectivity index (χ0n) is 11.0. The van der Waals surface area contributed by atoms with Gasteiger partial charge in [-0.2, -0.15) is 0 Å². The number of hydrogen-bond donors (Lipinski definition) is 1. The van der Waals surface area contributed by atoms with Crippen molar-refractivity contribution in [3.63, 3.8) is 0 Å². The molecule has 92 valence electrons. The molecule has 0 amide bonds. The molecule has 0 fully saturated rings. The summed E-state index contributed by atoms with van der Waals surface area (Å²) in [7, 11) is 0. The fraction of sp³-hybridized carbons (Fsp3) is 1.00. The molecule has 0 aliphatic carbocycles. The molecule has 0 aliphatic heterocycles. The molecule has 0 aromatic heterocycles. The van der Waals surface area contributed by atoms with E-state index in [1.807, 2.05) is 13.8 Å². The van der Waals surface area contributed by atoms with Crippen LogP contribution in [0.15, 0.2) is 0 Å². The quantitative estimate of drug-likeness (QED) is 0.634. The molecule has 0 saturated carbocycles. The van der Waals surface area contributed by atoms with Gasteiger partial charge in [-0.25, -0.2) is 0 Å². The molecule has 0 bridgehead atoms. The highest BCUT2D eigenvalue weighted by atomic mass is 16.5. The molecule has 0 saturated heterocycles. The first-order chi connectivity index (χ1) is 6.91. The van der Waals surface area contributed by atoms with Crippen LogP contribution in [-0.2, 0) is 9.47 Å². The zero-order chi connectivity index (χ0) is 11.8. The highest BCUT2D eigenvalue weighted by molar-refractivity contribution is 4.61. The fourth-order valence-corrected chi connectivity index (χ4v) is 1.30. The van der Waals surface area contributed by atoms with E-state index in [1.165, 1.54) is 0 Å². The molecule has 0 radical (unpaired) electrons. The Bertz CT molecular complexity index is 137. The average molecular weight is 217 g/mol. The van der Waals surface area contributed by atoms with E-state index in [-0.39, 0.29) is 12.3 Å². The summed E-state index contributed by atoms with van der Waals surface area (Å²) in [6.45, 7) is 13.2. The molecule has 0 rings (SSSR count). The lowest BCUT2D eigenvalue weighted by Crippen LogP contribution is -2.39. The van der Waals surface area contributed by atoms with Crippen LogP contribution in [0.25, 0.3) is 0 Å². The Kier molecular flexibility index (Phi) is 8.02. The monoisotopic (exact) mass is 217 g/mol. The lowest BCUT2D eigenvalue weighted by molar-refractivity contribution is -0.0407.